The van der Waals surface area contributed by atoms with Crippen molar-refractivity contribution in [3.05, 3.63) is 0 Å². The lowest BCUT2D eigenvalue weighted by atomic mass is 9.85. The molecule has 4 N–H and O–H groups in total. The van der Waals surface area contributed by atoms with E-state index in [9.17, 15) is 14.4 Å². The molecule has 3 aliphatic heterocycles. The van der Waals surface area contributed by atoms with Crippen molar-refractivity contribution in [2.45, 2.75) is 172 Å². The van der Waals surface area contributed by atoms with Crippen LogP contribution in [0.15, 0.2) is 0 Å². The molecule has 3 heterocycles. The molecule has 270 valence electrons. The lowest BCUT2D eigenvalue weighted by Crippen LogP contribution is -2.51. The second kappa shape index (κ2) is 20.2. The summed E-state index contributed by atoms with van der Waals surface area (Å²) in [6, 6.07) is 1.60. The first-order valence-corrected chi connectivity index (χ1v) is 20.2. The van der Waals surface area contributed by atoms with E-state index in [-0.39, 0.29) is 35.4 Å². The van der Waals surface area contributed by atoms with Crippen LogP contribution in [0.1, 0.15) is 143 Å². The van der Waals surface area contributed by atoms with Gasteiger partial charge in [0.2, 0.25) is 5.91 Å². The molecule has 1 unspecified atom stereocenters. The van der Waals surface area contributed by atoms with Crippen LogP contribution in [-0.4, -0.2) is 89.3 Å². The van der Waals surface area contributed by atoms with Crippen molar-refractivity contribution < 1.29 is 19.1 Å². The molecule has 10 nitrogen and oxygen atoms in total. The minimum atomic E-state index is -0.0881. The minimum absolute atomic E-state index is 0.0458. The quantitative estimate of drug-likeness (QED) is 0.0787. The number of unbranched alkanes of at least 4 members (excludes halogenated alkanes) is 5. The number of rotatable bonds is 18. The molecule has 3 saturated heterocycles. The third-order valence-corrected chi connectivity index (χ3v) is 12.0. The van der Waals surface area contributed by atoms with E-state index in [1.807, 2.05) is 11.8 Å². The van der Waals surface area contributed by atoms with E-state index in [2.05, 4.69) is 52.3 Å². The number of hydrogen-bond acceptors (Lipinski definition) is 8. The summed E-state index contributed by atoms with van der Waals surface area (Å²) in [6.45, 7) is 10.3. The molecular weight excluding hydrogens is 613 g/mol. The van der Waals surface area contributed by atoms with Gasteiger partial charge in [-0.05, 0) is 63.2 Å². The highest BCUT2D eigenvalue weighted by atomic mass is 32.2. The smallest absolute Gasteiger partial charge is 0.315 e. The molecule has 4 rings (SSSR count). The molecule has 0 radical (unpaired) electrons. The van der Waals surface area contributed by atoms with Crippen molar-refractivity contribution in [2.24, 2.45) is 5.41 Å². The van der Waals surface area contributed by atoms with Crippen molar-refractivity contribution in [3.63, 3.8) is 0 Å². The Morgan fingerprint density at radius 3 is 2.38 bits per heavy atom. The summed E-state index contributed by atoms with van der Waals surface area (Å²) in [5.41, 5.74) is 4.04. The van der Waals surface area contributed by atoms with Crippen LogP contribution in [0, 0.1) is 5.41 Å². The fourth-order valence-electron chi connectivity index (χ4n) is 7.63. The maximum atomic E-state index is 12.2. The van der Waals surface area contributed by atoms with Gasteiger partial charge in [-0.25, -0.2) is 14.8 Å². The highest BCUT2D eigenvalue weighted by Crippen LogP contribution is 2.34. The zero-order valence-electron chi connectivity index (χ0n) is 29.8. The van der Waals surface area contributed by atoms with Crippen molar-refractivity contribution in [1.29, 1.82) is 0 Å². The van der Waals surface area contributed by atoms with E-state index < -0.39 is 0 Å². The van der Waals surface area contributed by atoms with Crippen LogP contribution in [-0.2, 0) is 14.3 Å². The van der Waals surface area contributed by atoms with Crippen LogP contribution in [0.3, 0.4) is 0 Å². The highest BCUT2D eigenvalue weighted by Gasteiger charge is 2.43. The molecule has 1 aliphatic carbocycles. The molecule has 0 aromatic heterocycles. The van der Waals surface area contributed by atoms with E-state index in [1.165, 1.54) is 51.4 Å². The molecule has 3 amide bonds. The number of carbonyl (C=O) groups excluding carboxylic acids is 3. The number of nitrogens with one attached hydrogen (secondary N) is 4. The molecule has 0 bridgehead atoms. The molecule has 4 atom stereocenters. The van der Waals surface area contributed by atoms with Crippen LogP contribution < -0.4 is 21.5 Å². The Bertz CT molecular complexity index is 954. The number of fused-ring (bicyclic) bond motifs is 1. The zero-order chi connectivity index (χ0) is 33.5. The predicted octanol–water partition coefficient (Wildman–Crippen LogP) is 6.06. The molecule has 11 heteroatoms. The number of hydrazine groups is 2. The van der Waals surface area contributed by atoms with E-state index in [0.717, 1.165) is 76.6 Å². The molecule has 4 fully saturated rings. The first-order chi connectivity index (χ1) is 22.7. The van der Waals surface area contributed by atoms with Crippen LogP contribution in [0.25, 0.3) is 0 Å². The van der Waals surface area contributed by atoms with Gasteiger partial charge in [0, 0.05) is 55.6 Å². The maximum Gasteiger partial charge on any atom is 0.315 e. The molecule has 47 heavy (non-hydrogen) atoms. The Morgan fingerprint density at radius 1 is 0.894 bits per heavy atom. The van der Waals surface area contributed by atoms with E-state index in [1.54, 1.807) is 0 Å². The van der Waals surface area contributed by atoms with Gasteiger partial charge in [-0.2, -0.15) is 17.3 Å². The van der Waals surface area contributed by atoms with Crippen molar-refractivity contribution in [2.75, 3.05) is 32.0 Å². The van der Waals surface area contributed by atoms with Gasteiger partial charge >= 0.3 is 12.0 Å². The number of amides is 3. The number of carbonyl (C=O) groups is 3. The fourth-order valence-corrected chi connectivity index (χ4v) is 9.17. The Balaban J connectivity index is 0.955. The molecule has 0 spiro atoms. The standard InChI is InChI=1S/C36H66N6O4S/c1-36(2,3)31-26-41(40-42(31)28-18-10-6-4-5-7-11-19-28)24-16-8-12-22-33(44)46-25-17-9-15-23-37-32(43)21-14-13-20-30-34-29(27-47-30)38-35(45)39-34/h28-31,34,40H,4-27H2,1-3H3,(H,37,43)(H2,38,39,45)/t29-,30+,31?,34-/m0/s1. The molecule has 0 aromatic rings. The Morgan fingerprint density at radius 2 is 1.62 bits per heavy atom. The summed E-state index contributed by atoms with van der Waals surface area (Å²) in [5, 5.41) is 14.5. The lowest BCUT2D eigenvalue weighted by molar-refractivity contribution is -0.143. The van der Waals surface area contributed by atoms with E-state index >= 15 is 0 Å². The van der Waals surface area contributed by atoms with Gasteiger partial charge < -0.3 is 20.7 Å². The Kier molecular flexibility index (Phi) is 16.4. The highest BCUT2D eigenvalue weighted by molar-refractivity contribution is 8.00. The fraction of sp³-hybridized carbons (Fsp3) is 0.917. The number of hydrogen-bond donors (Lipinski definition) is 4. The second-order valence-electron chi connectivity index (χ2n) is 15.5. The van der Waals surface area contributed by atoms with Crippen molar-refractivity contribution in [1.82, 2.24) is 31.5 Å². The predicted molar refractivity (Wildman–Crippen MR) is 191 cm³/mol. The number of nitrogens with zero attached hydrogens (tertiary/aromatic N) is 2. The molecular formula is C36H66N6O4S. The summed E-state index contributed by atoms with van der Waals surface area (Å²) in [6.07, 6.45) is 20.5. The van der Waals surface area contributed by atoms with Gasteiger partial charge in [0.05, 0.1) is 18.7 Å². The van der Waals surface area contributed by atoms with Gasteiger partial charge in [0.15, 0.2) is 0 Å². The molecule has 1 saturated carbocycles. The minimum Gasteiger partial charge on any atom is -0.466 e. The summed E-state index contributed by atoms with van der Waals surface area (Å²) >= 11 is 1.92. The normalized spacial score (nSPS) is 26.2. The SMILES string of the molecule is CC(C)(C)C1CN(CCCCCC(=O)OCCCCCNC(=O)CCCC[C@H]2SC[C@@H]3NC(=O)N[C@@H]32)NN1C1CCCCCCCC1. The maximum absolute atomic E-state index is 12.2. The Labute approximate surface area is 289 Å². The number of thioether (sulfide) groups is 1. The van der Waals surface area contributed by atoms with Crippen molar-refractivity contribution in [3.8, 4) is 0 Å². The third-order valence-electron chi connectivity index (χ3n) is 10.5. The van der Waals surface area contributed by atoms with Crippen LogP contribution >= 0.6 is 11.8 Å². The first-order valence-electron chi connectivity index (χ1n) is 19.1. The number of ether oxygens (including phenoxy) is 1. The van der Waals surface area contributed by atoms with E-state index in [0.29, 0.717) is 43.3 Å². The molecule has 0 aromatic carbocycles. The third kappa shape index (κ3) is 13.3. The molecule has 4 aliphatic rings. The average molecular weight is 679 g/mol. The first kappa shape index (κ1) is 38.2. The average Bonchev–Trinajstić information content (AvgIpc) is 3.75. The largest absolute Gasteiger partial charge is 0.466 e. The van der Waals surface area contributed by atoms with Crippen LogP contribution in [0.5, 0.6) is 0 Å². The number of esters is 1. The van der Waals surface area contributed by atoms with E-state index in [4.69, 9.17) is 4.74 Å². The van der Waals surface area contributed by atoms with Gasteiger partial charge in [0.1, 0.15) is 0 Å². The number of urea groups is 1. The van der Waals surface area contributed by atoms with Gasteiger partial charge in [0.25, 0.3) is 0 Å². The van der Waals surface area contributed by atoms with Gasteiger partial charge in [-0.1, -0.05) is 72.1 Å². The van der Waals surface area contributed by atoms with Gasteiger partial charge in [-0.3, -0.25) is 9.59 Å². The van der Waals surface area contributed by atoms with Gasteiger partial charge in [-0.15, -0.1) is 0 Å². The van der Waals surface area contributed by atoms with Crippen LogP contribution in [0.4, 0.5) is 4.79 Å². The summed E-state index contributed by atoms with van der Waals surface area (Å²) in [7, 11) is 0. The monoisotopic (exact) mass is 678 g/mol. The van der Waals surface area contributed by atoms with Crippen molar-refractivity contribution >= 4 is 29.7 Å². The summed E-state index contributed by atoms with van der Waals surface area (Å²) in [4.78, 5) is 35.9. The second-order valence-corrected chi connectivity index (χ2v) is 16.8. The van der Waals surface area contributed by atoms with Crippen LogP contribution in [0.2, 0.25) is 0 Å². The topological polar surface area (TPSA) is 115 Å². The Hall–Kier alpha value is -1.56. The zero-order valence-corrected chi connectivity index (χ0v) is 30.6. The summed E-state index contributed by atoms with van der Waals surface area (Å²) in [5.74, 6) is 0.999. The summed E-state index contributed by atoms with van der Waals surface area (Å²) < 4.78 is 5.47. The lowest BCUT2D eigenvalue weighted by Gasteiger charge is -2.38.